The summed E-state index contributed by atoms with van der Waals surface area (Å²) in [6.45, 7) is 7.09. The van der Waals surface area contributed by atoms with E-state index in [0.29, 0.717) is 12.6 Å². The van der Waals surface area contributed by atoms with Crippen LogP contribution in [-0.4, -0.2) is 24.5 Å². The standard InChI is InChI=1S/C12H19BrN2/c1-3-15(8-7-14)10(2)11-5-4-6-12(13)9-11/h4-6,9-10H,3,7-8,14H2,1-2H3. The average Bonchev–Trinajstić information content (AvgIpc) is 2.25. The molecule has 84 valence electrons. The lowest BCUT2D eigenvalue weighted by atomic mass is 10.1. The van der Waals surface area contributed by atoms with Crippen LogP contribution >= 0.6 is 15.9 Å². The van der Waals surface area contributed by atoms with E-state index in [1.54, 1.807) is 0 Å². The van der Waals surface area contributed by atoms with Gasteiger partial charge in [0.2, 0.25) is 0 Å². The predicted octanol–water partition coefficient (Wildman–Crippen LogP) is 2.79. The number of nitrogens with two attached hydrogens (primary N) is 1. The molecule has 15 heavy (non-hydrogen) atoms. The summed E-state index contributed by atoms with van der Waals surface area (Å²) in [6.07, 6.45) is 0. The van der Waals surface area contributed by atoms with Crippen LogP contribution in [-0.2, 0) is 0 Å². The number of hydrogen-bond donors (Lipinski definition) is 1. The van der Waals surface area contributed by atoms with Crippen LogP contribution in [0.3, 0.4) is 0 Å². The Morgan fingerprint density at radius 1 is 1.47 bits per heavy atom. The van der Waals surface area contributed by atoms with Crippen molar-refractivity contribution in [3.05, 3.63) is 34.3 Å². The summed E-state index contributed by atoms with van der Waals surface area (Å²) in [4.78, 5) is 2.38. The molecule has 1 aromatic rings. The van der Waals surface area contributed by atoms with Gasteiger partial charge in [-0.3, -0.25) is 4.90 Å². The van der Waals surface area contributed by atoms with Gasteiger partial charge in [-0.25, -0.2) is 0 Å². The zero-order chi connectivity index (χ0) is 11.3. The van der Waals surface area contributed by atoms with Crippen molar-refractivity contribution in [2.45, 2.75) is 19.9 Å². The predicted molar refractivity (Wildman–Crippen MR) is 68.9 cm³/mol. The summed E-state index contributed by atoms with van der Waals surface area (Å²) in [5.74, 6) is 0. The molecule has 0 amide bonds. The molecule has 2 N–H and O–H groups in total. The highest BCUT2D eigenvalue weighted by molar-refractivity contribution is 9.10. The molecule has 0 aliphatic heterocycles. The maximum atomic E-state index is 5.60. The number of rotatable bonds is 5. The van der Waals surface area contributed by atoms with Crippen LogP contribution < -0.4 is 5.73 Å². The van der Waals surface area contributed by atoms with Gasteiger partial charge < -0.3 is 5.73 Å². The second-order valence-electron chi connectivity index (χ2n) is 3.65. The fourth-order valence-electron chi connectivity index (χ4n) is 1.77. The average molecular weight is 271 g/mol. The van der Waals surface area contributed by atoms with E-state index in [0.717, 1.165) is 17.6 Å². The van der Waals surface area contributed by atoms with Crippen molar-refractivity contribution >= 4 is 15.9 Å². The SMILES string of the molecule is CCN(CCN)C(C)c1cccc(Br)c1. The molecule has 0 heterocycles. The monoisotopic (exact) mass is 270 g/mol. The van der Waals surface area contributed by atoms with Crippen molar-refractivity contribution in [2.24, 2.45) is 5.73 Å². The molecule has 1 aromatic carbocycles. The van der Waals surface area contributed by atoms with Gasteiger partial charge in [-0.05, 0) is 31.2 Å². The summed E-state index contributed by atoms with van der Waals surface area (Å²) in [5.41, 5.74) is 6.93. The van der Waals surface area contributed by atoms with Crippen LogP contribution in [0.2, 0.25) is 0 Å². The van der Waals surface area contributed by atoms with Crippen molar-refractivity contribution in [3.63, 3.8) is 0 Å². The Morgan fingerprint density at radius 3 is 2.73 bits per heavy atom. The lowest BCUT2D eigenvalue weighted by Crippen LogP contribution is -2.31. The number of halogens is 1. The maximum Gasteiger partial charge on any atom is 0.0320 e. The van der Waals surface area contributed by atoms with Gasteiger partial charge in [0.1, 0.15) is 0 Å². The molecule has 0 aliphatic carbocycles. The first-order chi connectivity index (χ1) is 7.19. The van der Waals surface area contributed by atoms with Crippen molar-refractivity contribution < 1.29 is 0 Å². The van der Waals surface area contributed by atoms with Gasteiger partial charge in [-0.2, -0.15) is 0 Å². The third-order valence-corrected chi connectivity index (χ3v) is 3.19. The minimum atomic E-state index is 0.427. The summed E-state index contributed by atoms with van der Waals surface area (Å²) in [7, 11) is 0. The van der Waals surface area contributed by atoms with E-state index in [2.05, 4.69) is 58.9 Å². The minimum Gasteiger partial charge on any atom is -0.329 e. The second kappa shape index (κ2) is 6.26. The second-order valence-corrected chi connectivity index (χ2v) is 4.56. The number of hydrogen-bond acceptors (Lipinski definition) is 2. The molecule has 0 aromatic heterocycles. The number of benzene rings is 1. The van der Waals surface area contributed by atoms with Crippen LogP contribution in [0.1, 0.15) is 25.5 Å². The van der Waals surface area contributed by atoms with Gasteiger partial charge in [-0.1, -0.05) is 35.0 Å². The Hall–Kier alpha value is -0.380. The van der Waals surface area contributed by atoms with Gasteiger partial charge in [0.15, 0.2) is 0 Å². The zero-order valence-corrected chi connectivity index (χ0v) is 11.0. The first kappa shape index (κ1) is 12.7. The Morgan fingerprint density at radius 2 is 2.20 bits per heavy atom. The van der Waals surface area contributed by atoms with Crippen molar-refractivity contribution in [2.75, 3.05) is 19.6 Å². The summed E-state index contributed by atoms with van der Waals surface area (Å²) in [6, 6.07) is 8.89. The summed E-state index contributed by atoms with van der Waals surface area (Å²) >= 11 is 3.50. The van der Waals surface area contributed by atoms with Gasteiger partial charge in [0.25, 0.3) is 0 Å². The van der Waals surface area contributed by atoms with Crippen LogP contribution in [0.15, 0.2) is 28.7 Å². The lowest BCUT2D eigenvalue weighted by Gasteiger charge is -2.27. The van der Waals surface area contributed by atoms with Gasteiger partial charge in [0, 0.05) is 23.6 Å². The minimum absolute atomic E-state index is 0.427. The molecule has 0 saturated carbocycles. The lowest BCUT2D eigenvalue weighted by molar-refractivity contribution is 0.228. The summed E-state index contributed by atoms with van der Waals surface area (Å²) in [5, 5.41) is 0. The fourth-order valence-corrected chi connectivity index (χ4v) is 2.19. The van der Waals surface area contributed by atoms with E-state index in [-0.39, 0.29) is 0 Å². The number of likely N-dealkylation sites (N-methyl/N-ethyl adjacent to an activating group) is 1. The van der Waals surface area contributed by atoms with Crippen LogP contribution in [0, 0.1) is 0 Å². The molecule has 1 atom stereocenters. The zero-order valence-electron chi connectivity index (χ0n) is 9.41. The molecule has 0 aliphatic rings. The third kappa shape index (κ3) is 3.59. The molecule has 3 heteroatoms. The Labute approximate surface area is 101 Å². The van der Waals surface area contributed by atoms with Crippen LogP contribution in [0.4, 0.5) is 0 Å². The van der Waals surface area contributed by atoms with E-state index in [1.165, 1.54) is 5.56 Å². The van der Waals surface area contributed by atoms with Gasteiger partial charge >= 0.3 is 0 Å². The molecule has 0 fully saturated rings. The van der Waals surface area contributed by atoms with Gasteiger partial charge in [-0.15, -0.1) is 0 Å². The van der Waals surface area contributed by atoms with E-state index >= 15 is 0 Å². The molecule has 2 nitrogen and oxygen atoms in total. The summed E-state index contributed by atoms with van der Waals surface area (Å²) < 4.78 is 1.13. The van der Waals surface area contributed by atoms with E-state index in [1.807, 2.05) is 0 Å². The van der Waals surface area contributed by atoms with E-state index in [4.69, 9.17) is 5.73 Å². The highest BCUT2D eigenvalue weighted by atomic mass is 79.9. The molecule has 0 saturated heterocycles. The quantitative estimate of drug-likeness (QED) is 0.892. The van der Waals surface area contributed by atoms with Crippen molar-refractivity contribution in [3.8, 4) is 0 Å². The smallest absolute Gasteiger partial charge is 0.0320 e. The van der Waals surface area contributed by atoms with E-state index < -0.39 is 0 Å². The highest BCUT2D eigenvalue weighted by Crippen LogP contribution is 2.22. The van der Waals surface area contributed by atoms with Crippen molar-refractivity contribution in [1.29, 1.82) is 0 Å². The molecule has 0 radical (unpaired) electrons. The first-order valence-corrected chi connectivity index (χ1v) is 6.18. The maximum absolute atomic E-state index is 5.60. The topological polar surface area (TPSA) is 29.3 Å². The molecule has 1 rings (SSSR count). The highest BCUT2D eigenvalue weighted by Gasteiger charge is 2.12. The Bertz CT molecular complexity index is 301. The molecular weight excluding hydrogens is 252 g/mol. The fraction of sp³-hybridized carbons (Fsp3) is 0.500. The Balaban J connectivity index is 2.77. The normalized spacial score (nSPS) is 13.1. The third-order valence-electron chi connectivity index (χ3n) is 2.70. The Kier molecular flexibility index (Phi) is 5.29. The molecule has 0 bridgehead atoms. The van der Waals surface area contributed by atoms with Gasteiger partial charge in [0.05, 0.1) is 0 Å². The first-order valence-electron chi connectivity index (χ1n) is 5.38. The number of nitrogens with zero attached hydrogens (tertiary/aromatic N) is 1. The van der Waals surface area contributed by atoms with E-state index in [9.17, 15) is 0 Å². The largest absolute Gasteiger partial charge is 0.329 e. The van der Waals surface area contributed by atoms with Crippen molar-refractivity contribution in [1.82, 2.24) is 4.90 Å². The molecule has 0 spiro atoms. The van der Waals surface area contributed by atoms with Crippen LogP contribution in [0.25, 0.3) is 0 Å². The van der Waals surface area contributed by atoms with Crippen LogP contribution in [0.5, 0.6) is 0 Å². The molecular formula is C12H19BrN2. The molecule has 1 unspecified atom stereocenters.